The second-order valence-electron chi connectivity index (χ2n) is 9.24. The number of benzene rings is 1. The van der Waals surface area contributed by atoms with Gasteiger partial charge in [0.25, 0.3) is 0 Å². The van der Waals surface area contributed by atoms with Crippen LogP contribution >= 0.6 is 0 Å². The van der Waals surface area contributed by atoms with Gasteiger partial charge >= 0.3 is 5.97 Å². The lowest BCUT2D eigenvalue weighted by molar-refractivity contribution is -0.0593. The van der Waals surface area contributed by atoms with E-state index in [1.165, 1.54) is 0 Å². The fourth-order valence-corrected chi connectivity index (χ4v) is 5.05. The number of carbonyl (C=O) groups is 1. The smallest absolute Gasteiger partial charge is 0.354 e. The fraction of sp³-hybridized carbons (Fsp3) is 0.609. The fourth-order valence-electron chi connectivity index (χ4n) is 5.05. The van der Waals surface area contributed by atoms with E-state index in [0.717, 1.165) is 30.2 Å². The highest BCUT2D eigenvalue weighted by atomic mass is 19.1. The van der Waals surface area contributed by atoms with Gasteiger partial charge in [0, 0.05) is 18.5 Å². The molecule has 2 N–H and O–H groups in total. The van der Waals surface area contributed by atoms with Crippen LogP contribution in [0.2, 0.25) is 0 Å². The number of hydrogen-bond acceptors (Lipinski definition) is 4. The van der Waals surface area contributed by atoms with Crippen LogP contribution in [0.15, 0.2) is 18.2 Å². The van der Waals surface area contributed by atoms with Crippen molar-refractivity contribution in [2.75, 3.05) is 19.8 Å². The molecule has 2 fully saturated rings. The summed E-state index contributed by atoms with van der Waals surface area (Å²) in [6.07, 6.45) is 2.53. The van der Waals surface area contributed by atoms with Gasteiger partial charge in [-0.05, 0) is 75.6 Å². The van der Waals surface area contributed by atoms with Gasteiger partial charge in [-0.2, -0.15) is 0 Å². The van der Waals surface area contributed by atoms with Crippen LogP contribution in [0.25, 0.3) is 10.9 Å². The molecule has 0 bridgehead atoms. The Morgan fingerprint density at radius 3 is 2.66 bits per heavy atom. The highest BCUT2D eigenvalue weighted by molar-refractivity contribution is 5.96. The van der Waals surface area contributed by atoms with Gasteiger partial charge in [-0.1, -0.05) is 6.92 Å². The molecule has 1 aliphatic heterocycles. The Morgan fingerprint density at radius 1 is 1.34 bits per heavy atom. The van der Waals surface area contributed by atoms with Gasteiger partial charge in [-0.25, -0.2) is 9.18 Å². The molecule has 4 rings (SSSR count). The van der Waals surface area contributed by atoms with Crippen molar-refractivity contribution in [2.45, 2.75) is 64.0 Å². The first-order chi connectivity index (χ1) is 13.7. The number of nitrogens with zero attached hydrogens (tertiary/aromatic N) is 1. The maximum absolute atomic E-state index is 15.5. The maximum atomic E-state index is 15.5. The molecule has 0 unspecified atom stereocenters. The van der Waals surface area contributed by atoms with E-state index >= 15 is 4.39 Å². The van der Waals surface area contributed by atoms with Crippen molar-refractivity contribution in [3.05, 3.63) is 35.3 Å². The minimum Gasteiger partial charge on any atom is -0.461 e. The molecule has 6 heteroatoms. The molecule has 1 aliphatic carbocycles. The third-order valence-corrected chi connectivity index (χ3v) is 6.74. The minimum absolute atomic E-state index is 0.219. The predicted octanol–water partition coefficient (Wildman–Crippen LogP) is 4.32. The molecule has 0 radical (unpaired) electrons. The summed E-state index contributed by atoms with van der Waals surface area (Å²) in [5, 5.41) is 0.735. The Bertz CT molecular complexity index is 947. The van der Waals surface area contributed by atoms with E-state index in [1.54, 1.807) is 19.1 Å². The first kappa shape index (κ1) is 20.4. The highest BCUT2D eigenvalue weighted by Gasteiger charge is 2.54. The van der Waals surface area contributed by atoms with Gasteiger partial charge in [-0.15, -0.1) is 0 Å². The Hall–Kier alpha value is -1.92. The second-order valence-corrected chi connectivity index (χ2v) is 9.24. The van der Waals surface area contributed by atoms with Crippen molar-refractivity contribution in [2.24, 2.45) is 11.7 Å². The van der Waals surface area contributed by atoms with Gasteiger partial charge in [0.1, 0.15) is 11.5 Å². The normalized spacial score (nSPS) is 28.5. The first-order valence-electron chi connectivity index (χ1n) is 10.6. The summed E-state index contributed by atoms with van der Waals surface area (Å²) in [6.45, 7) is 9.31. The largest absolute Gasteiger partial charge is 0.461 e. The average Bonchev–Trinajstić information content (AvgIpc) is 3.15. The number of rotatable bonds is 5. The van der Waals surface area contributed by atoms with E-state index in [1.807, 2.05) is 10.6 Å². The van der Waals surface area contributed by atoms with Crippen molar-refractivity contribution >= 4 is 16.9 Å². The number of hydrogen-bond donors (Lipinski definition) is 1. The molecule has 158 valence electrons. The number of esters is 1. The Labute approximate surface area is 171 Å². The summed E-state index contributed by atoms with van der Waals surface area (Å²) in [5.74, 6) is -0.213. The SMILES string of the molecule is CCOC(=O)c1cc2cc([C@@H]3CCOC(C)(C)C3)cc(F)c2n1[C@@]1(CN)C[C@@H]1C. The summed E-state index contributed by atoms with van der Waals surface area (Å²) in [7, 11) is 0. The van der Waals surface area contributed by atoms with Crippen LogP contribution in [-0.4, -0.2) is 35.9 Å². The topological polar surface area (TPSA) is 66.5 Å². The van der Waals surface area contributed by atoms with Gasteiger partial charge < -0.3 is 19.8 Å². The van der Waals surface area contributed by atoms with Crippen LogP contribution in [0.3, 0.4) is 0 Å². The van der Waals surface area contributed by atoms with Crippen molar-refractivity contribution in [1.29, 1.82) is 0 Å². The molecule has 1 saturated carbocycles. The number of carbonyl (C=O) groups excluding carboxylic acids is 1. The Balaban J connectivity index is 1.85. The second kappa shape index (κ2) is 7.10. The van der Waals surface area contributed by atoms with E-state index in [4.69, 9.17) is 15.2 Å². The molecule has 1 aromatic carbocycles. The molecular weight excluding hydrogens is 371 g/mol. The number of fused-ring (bicyclic) bond motifs is 1. The van der Waals surface area contributed by atoms with Crippen LogP contribution < -0.4 is 5.73 Å². The van der Waals surface area contributed by atoms with Crippen LogP contribution in [0, 0.1) is 11.7 Å². The predicted molar refractivity (Wildman–Crippen MR) is 111 cm³/mol. The Morgan fingerprint density at radius 2 is 2.07 bits per heavy atom. The Kier molecular flexibility index (Phi) is 4.98. The van der Waals surface area contributed by atoms with Crippen LogP contribution in [0.5, 0.6) is 0 Å². The van der Waals surface area contributed by atoms with Crippen molar-refractivity contribution in [3.63, 3.8) is 0 Å². The lowest BCUT2D eigenvalue weighted by Gasteiger charge is -2.35. The van der Waals surface area contributed by atoms with Crippen LogP contribution in [-0.2, 0) is 15.0 Å². The van der Waals surface area contributed by atoms with E-state index in [0.29, 0.717) is 24.4 Å². The van der Waals surface area contributed by atoms with Crippen LogP contribution in [0.4, 0.5) is 4.39 Å². The third-order valence-electron chi connectivity index (χ3n) is 6.74. The lowest BCUT2D eigenvalue weighted by atomic mass is 9.83. The van der Waals surface area contributed by atoms with Gasteiger partial charge in [0.2, 0.25) is 0 Å². The molecule has 0 spiro atoms. The molecule has 29 heavy (non-hydrogen) atoms. The summed E-state index contributed by atoms with van der Waals surface area (Å²) >= 11 is 0. The van der Waals surface area contributed by atoms with Crippen molar-refractivity contribution < 1.29 is 18.7 Å². The van der Waals surface area contributed by atoms with E-state index in [9.17, 15) is 4.79 Å². The van der Waals surface area contributed by atoms with E-state index < -0.39 is 11.5 Å². The molecule has 5 nitrogen and oxygen atoms in total. The zero-order valence-electron chi connectivity index (χ0n) is 17.8. The summed E-state index contributed by atoms with van der Waals surface area (Å²) in [4.78, 5) is 12.7. The lowest BCUT2D eigenvalue weighted by Crippen LogP contribution is -2.33. The van der Waals surface area contributed by atoms with Gasteiger partial charge in [0.15, 0.2) is 0 Å². The van der Waals surface area contributed by atoms with E-state index in [-0.39, 0.29) is 29.9 Å². The summed E-state index contributed by atoms with van der Waals surface area (Å²) in [5.41, 5.74) is 7.27. The number of aromatic nitrogens is 1. The van der Waals surface area contributed by atoms with Crippen molar-refractivity contribution in [3.8, 4) is 0 Å². The quantitative estimate of drug-likeness (QED) is 0.756. The molecule has 3 atom stereocenters. The molecular formula is C23H31FN2O3. The number of nitrogens with two attached hydrogens (primary N) is 1. The standard InChI is InChI=1S/C23H31FN2O3/c1-5-28-21(27)19-10-17-8-16(15-6-7-29-22(3,4)12-15)9-18(24)20(17)26(19)23(13-25)11-14(23)2/h8-10,14-15H,5-7,11-13,25H2,1-4H3/t14-,15+,23+/m0/s1. The molecule has 2 aliphatic rings. The third kappa shape index (κ3) is 3.36. The average molecular weight is 403 g/mol. The highest BCUT2D eigenvalue weighted by Crippen LogP contribution is 2.52. The summed E-state index contributed by atoms with van der Waals surface area (Å²) < 4.78 is 28.4. The molecule has 0 amide bonds. The van der Waals surface area contributed by atoms with Gasteiger partial charge in [-0.3, -0.25) is 0 Å². The molecule has 2 aromatic rings. The molecule has 1 saturated heterocycles. The number of ether oxygens (including phenoxy) is 2. The maximum Gasteiger partial charge on any atom is 0.354 e. The first-order valence-corrected chi connectivity index (χ1v) is 10.6. The zero-order valence-corrected chi connectivity index (χ0v) is 17.8. The van der Waals surface area contributed by atoms with E-state index in [2.05, 4.69) is 20.8 Å². The van der Waals surface area contributed by atoms with Crippen LogP contribution in [0.1, 0.15) is 68.9 Å². The summed E-state index contributed by atoms with van der Waals surface area (Å²) in [6, 6.07) is 5.44. The van der Waals surface area contributed by atoms with Gasteiger partial charge in [0.05, 0.1) is 23.3 Å². The molecule has 1 aromatic heterocycles. The molecule has 2 heterocycles. The number of halogens is 1. The minimum atomic E-state index is -0.427. The van der Waals surface area contributed by atoms with Crippen molar-refractivity contribution in [1.82, 2.24) is 4.57 Å². The monoisotopic (exact) mass is 402 g/mol. The zero-order chi connectivity index (χ0) is 21.0.